The lowest BCUT2D eigenvalue weighted by Gasteiger charge is -2.25. The zero-order valence-electron chi connectivity index (χ0n) is 17.4. The van der Waals surface area contributed by atoms with Crippen LogP contribution in [0, 0.1) is 0 Å². The number of ether oxygens (including phenoxy) is 1. The number of carboxylic acid groups (broad SMARTS) is 1. The summed E-state index contributed by atoms with van der Waals surface area (Å²) in [6, 6.07) is 14.9. The largest absolute Gasteiger partial charge is 0.481 e. The van der Waals surface area contributed by atoms with Crippen LogP contribution in [-0.4, -0.2) is 65.2 Å². The van der Waals surface area contributed by atoms with Crippen molar-refractivity contribution >= 4 is 39.6 Å². The Hall–Kier alpha value is -2.65. The molecule has 1 atom stereocenters. The molecule has 4 rings (SSSR count). The van der Waals surface area contributed by atoms with Crippen molar-refractivity contribution in [2.24, 2.45) is 0 Å². The van der Waals surface area contributed by atoms with Gasteiger partial charge in [0.1, 0.15) is 12.6 Å². The minimum atomic E-state index is -1.16. The van der Waals surface area contributed by atoms with E-state index in [1.54, 1.807) is 26.5 Å². The van der Waals surface area contributed by atoms with Crippen LogP contribution in [-0.2, 0) is 14.3 Å². The number of fused-ring (bicyclic) bond motifs is 3. The summed E-state index contributed by atoms with van der Waals surface area (Å²) in [7, 11) is 3.36. The molecule has 0 bridgehead atoms. The monoisotopic (exact) mass is 472 g/mol. The van der Waals surface area contributed by atoms with E-state index in [1.807, 2.05) is 48.5 Å². The SMILES string of the molecule is O=C(O)CC(NC(=O)OCC1c2ccccc2-c2ccccc21)C(=O)N1CCSSCC1. The van der Waals surface area contributed by atoms with Gasteiger partial charge in [-0.15, -0.1) is 0 Å². The molecule has 32 heavy (non-hydrogen) atoms. The molecule has 9 heteroatoms. The average molecular weight is 473 g/mol. The maximum absolute atomic E-state index is 12.9. The number of nitrogens with one attached hydrogen (secondary N) is 1. The second-order valence-corrected chi connectivity index (χ2v) is 10.3. The van der Waals surface area contributed by atoms with Gasteiger partial charge in [0.2, 0.25) is 5.91 Å². The molecule has 1 aliphatic carbocycles. The minimum Gasteiger partial charge on any atom is -0.481 e. The molecule has 2 N–H and O–H groups in total. The Labute approximate surface area is 194 Å². The lowest BCUT2D eigenvalue weighted by molar-refractivity contribution is -0.142. The lowest BCUT2D eigenvalue weighted by atomic mass is 9.98. The van der Waals surface area contributed by atoms with Gasteiger partial charge >= 0.3 is 12.1 Å². The van der Waals surface area contributed by atoms with Gasteiger partial charge in [-0.3, -0.25) is 9.59 Å². The van der Waals surface area contributed by atoms with Gasteiger partial charge in [-0.1, -0.05) is 70.1 Å². The first-order valence-electron chi connectivity index (χ1n) is 10.4. The number of nitrogens with zero attached hydrogens (tertiary/aromatic N) is 1. The van der Waals surface area contributed by atoms with Crippen LogP contribution in [0.5, 0.6) is 0 Å². The highest BCUT2D eigenvalue weighted by molar-refractivity contribution is 8.76. The smallest absolute Gasteiger partial charge is 0.407 e. The number of hydrogen-bond donors (Lipinski definition) is 2. The van der Waals surface area contributed by atoms with Crippen molar-refractivity contribution < 1.29 is 24.2 Å². The summed E-state index contributed by atoms with van der Waals surface area (Å²) in [6.07, 6.45) is -1.27. The van der Waals surface area contributed by atoms with Gasteiger partial charge in [-0.25, -0.2) is 4.79 Å². The lowest BCUT2D eigenvalue weighted by Crippen LogP contribution is -2.50. The summed E-state index contributed by atoms with van der Waals surface area (Å²) in [5.41, 5.74) is 4.40. The molecular formula is C23H24N2O5S2. The number of hydrogen-bond acceptors (Lipinski definition) is 6. The van der Waals surface area contributed by atoms with Gasteiger partial charge < -0.3 is 20.1 Å². The number of carboxylic acids is 1. The van der Waals surface area contributed by atoms with Gasteiger partial charge in [0.15, 0.2) is 0 Å². The molecule has 2 aromatic rings. The first-order valence-corrected chi connectivity index (χ1v) is 12.9. The summed E-state index contributed by atoms with van der Waals surface area (Å²) >= 11 is 0. The number of rotatable bonds is 6. The fourth-order valence-corrected chi connectivity index (χ4v) is 6.10. The summed E-state index contributed by atoms with van der Waals surface area (Å²) in [4.78, 5) is 38.4. The maximum Gasteiger partial charge on any atom is 0.407 e. The van der Waals surface area contributed by atoms with Crippen molar-refractivity contribution in [2.75, 3.05) is 31.2 Å². The van der Waals surface area contributed by atoms with E-state index in [9.17, 15) is 19.5 Å². The molecule has 2 amide bonds. The second-order valence-electron chi connectivity index (χ2n) is 7.59. The Bertz CT molecular complexity index is 962. The van der Waals surface area contributed by atoms with Crippen molar-refractivity contribution in [3.63, 3.8) is 0 Å². The molecule has 2 aliphatic rings. The molecule has 1 saturated heterocycles. The van der Waals surface area contributed by atoms with Gasteiger partial charge in [0.25, 0.3) is 0 Å². The van der Waals surface area contributed by atoms with Crippen molar-refractivity contribution in [3.8, 4) is 11.1 Å². The number of aliphatic carboxylic acids is 1. The summed E-state index contributed by atoms with van der Waals surface area (Å²) < 4.78 is 5.49. The van der Waals surface area contributed by atoms with Crippen molar-refractivity contribution in [1.29, 1.82) is 0 Å². The van der Waals surface area contributed by atoms with Crippen LogP contribution in [0.2, 0.25) is 0 Å². The fourth-order valence-electron chi connectivity index (χ4n) is 4.12. The van der Waals surface area contributed by atoms with E-state index in [2.05, 4.69) is 5.32 Å². The number of alkyl carbamates (subject to hydrolysis) is 1. The number of benzene rings is 2. The second kappa shape index (κ2) is 10.3. The first kappa shape index (κ1) is 22.5. The first-order chi connectivity index (χ1) is 15.5. The van der Waals surface area contributed by atoms with Gasteiger partial charge in [0, 0.05) is 30.5 Å². The Balaban J connectivity index is 1.42. The molecule has 0 radical (unpaired) electrons. The van der Waals surface area contributed by atoms with E-state index in [0.29, 0.717) is 13.1 Å². The standard InChI is InChI=1S/C23H24N2O5S2/c26-21(27)13-20(22(28)25-9-11-31-32-12-10-25)24-23(29)30-14-19-17-7-3-1-5-15(17)16-6-2-4-8-18(16)19/h1-8,19-20H,9-14H2,(H,24,29)(H,26,27). The predicted octanol–water partition coefficient (Wildman–Crippen LogP) is 3.59. The topological polar surface area (TPSA) is 95.9 Å². The molecule has 7 nitrogen and oxygen atoms in total. The van der Waals surface area contributed by atoms with Gasteiger partial charge in [-0.2, -0.15) is 0 Å². The predicted molar refractivity (Wildman–Crippen MR) is 126 cm³/mol. The number of carbonyl (C=O) groups excluding carboxylic acids is 2. The molecule has 0 spiro atoms. The van der Waals surface area contributed by atoms with Crippen LogP contribution in [0.25, 0.3) is 11.1 Å². The molecule has 0 saturated carbocycles. The van der Waals surface area contributed by atoms with E-state index in [0.717, 1.165) is 33.8 Å². The van der Waals surface area contributed by atoms with Crippen LogP contribution < -0.4 is 5.32 Å². The van der Waals surface area contributed by atoms with Gasteiger partial charge in [-0.05, 0) is 22.3 Å². The number of amides is 2. The van der Waals surface area contributed by atoms with E-state index in [-0.39, 0.29) is 18.4 Å². The average Bonchev–Trinajstić information content (AvgIpc) is 2.93. The van der Waals surface area contributed by atoms with Crippen molar-refractivity contribution in [1.82, 2.24) is 10.2 Å². The van der Waals surface area contributed by atoms with E-state index in [1.165, 1.54) is 0 Å². The zero-order chi connectivity index (χ0) is 22.5. The molecule has 1 fully saturated rings. The Morgan fingerprint density at radius 3 is 2.12 bits per heavy atom. The molecule has 2 aromatic carbocycles. The Morgan fingerprint density at radius 2 is 1.56 bits per heavy atom. The molecule has 0 aromatic heterocycles. The third-order valence-electron chi connectivity index (χ3n) is 5.60. The Morgan fingerprint density at radius 1 is 1.00 bits per heavy atom. The molecule has 1 heterocycles. The van der Waals surface area contributed by atoms with E-state index >= 15 is 0 Å². The van der Waals surface area contributed by atoms with Crippen LogP contribution in [0.1, 0.15) is 23.5 Å². The summed E-state index contributed by atoms with van der Waals surface area (Å²) in [6.45, 7) is 1.16. The van der Waals surface area contributed by atoms with E-state index in [4.69, 9.17) is 4.74 Å². The van der Waals surface area contributed by atoms with Crippen LogP contribution >= 0.6 is 21.6 Å². The van der Waals surface area contributed by atoms with Gasteiger partial charge in [0.05, 0.1) is 6.42 Å². The Kier molecular flexibility index (Phi) is 7.26. The van der Waals surface area contributed by atoms with Crippen molar-refractivity contribution in [2.45, 2.75) is 18.4 Å². The minimum absolute atomic E-state index is 0.102. The highest BCUT2D eigenvalue weighted by atomic mass is 33.1. The van der Waals surface area contributed by atoms with Crippen LogP contribution in [0.15, 0.2) is 48.5 Å². The number of carbonyl (C=O) groups is 3. The summed E-state index contributed by atoms with van der Waals surface area (Å²) in [5, 5.41) is 11.7. The van der Waals surface area contributed by atoms with Crippen LogP contribution in [0.4, 0.5) is 4.79 Å². The maximum atomic E-state index is 12.9. The highest BCUT2D eigenvalue weighted by Gasteiger charge is 2.31. The third-order valence-corrected chi connectivity index (χ3v) is 7.96. The summed E-state index contributed by atoms with van der Waals surface area (Å²) in [5.74, 6) is -0.117. The third kappa shape index (κ3) is 5.05. The fraction of sp³-hybridized carbons (Fsp3) is 0.348. The zero-order valence-corrected chi connectivity index (χ0v) is 19.0. The van der Waals surface area contributed by atoms with Crippen molar-refractivity contribution in [3.05, 3.63) is 59.7 Å². The highest BCUT2D eigenvalue weighted by Crippen LogP contribution is 2.44. The normalized spacial score (nSPS) is 16.4. The molecular weight excluding hydrogens is 448 g/mol. The van der Waals surface area contributed by atoms with Crippen LogP contribution in [0.3, 0.4) is 0 Å². The molecule has 168 valence electrons. The molecule has 1 unspecified atom stereocenters. The quantitative estimate of drug-likeness (QED) is 0.620. The van der Waals surface area contributed by atoms with E-state index < -0.39 is 24.5 Å². The molecule has 1 aliphatic heterocycles.